The van der Waals surface area contributed by atoms with Gasteiger partial charge in [-0.25, -0.2) is 0 Å². The number of hydrogen-bond acceptors (Lipinski definition) is 3. The van der Waals surface area contributed by atoms with E-state index in [1.54, 1.807) is 24.3 Å². The van der Waals surface area contributed by atoms with Crippen molar-refractivity contribution in [3.8, 4) is 0 Å². The molecule has 3 nitrogen and oxygen atoms in total. The molecule has 17 heavy (non-hydrogen) atoms. The first kappa shape index (κ1) is 12.3. The van der Waals surface area contributed by atoms with Gasteiger partial charge in [0, 0.05) is 10.0 Å². The van der Waals surface area contributed by atoms with E-state index in [4.69, 9.17) is 4.74 Å². The number of carbonyl (C=O) groups is 2. The van der Waals surface area contributed by atoms with Crippen LogP contribution in [0.5, 0.6) is 0 Å². The van der Waals surface area contributed by atoms with Crippen LogP contribution in [0.15, 0.2) is 28.7 Å². The normalized spacial score (nSPS) is 22.0. The summed E-state index contributed by atoms with van der Waals surface area (Å²) >= 11 is 3.29. The van der Waals surface area contributed by atoms with Crippen molar-refractivity contribution in [2.75, 3.05) is 6.61 Å². The highest BCUT2D eigenvalue weighted by molar-refractivity contribution is 9.10. The van der Waals surface area contributed by atoms with Crippen LogP contribution in [0.3, 0.4) is 0 Å². The molecular formula is C13H13BrO3. The summed E-state index contributed by atoms with van der Waals surface area (Å²) in [4.78, 5) is 23.1. The Bertz CT molecular complexity index is 438. The van der Waals surface area contributed by atoms with Gasteiger partial charge in [-0.1, -0.05) is 35.0 Å². The van der Waals surface area contributed by atoms with E-state index in [2.05, 4.69) is 15.9 Å². The number of esters is 1. The second-order valence-electron chi connectivity index (χ2n) is 4.36. The number of halogens is 1. The molecule has 0 radical (unpaired) electrons. The van der Waals surface area contributed by atoms with E-state index in [0.29, 0.717) is 11.5 Å². The van der Waals surface area contributed by atoms with Crippen LogP contribution in [0.2, 0.25) is 0 Å². The van der Waals surface area contributed by atoms with Gasteiger partial charge >= 0.3 is 5.97 Å². The maximum atomic E-state index is 11.7. The zero-order valence-electron chi connectivity index (χ0n) is 9.48. The number of carbonyl (C=O) groups excluding carboxylic acids is 2. The maximum Gasteiger partial charge on any atom is 0.309 e. The minimum atomic E-state index is -0.247. The Hall–Kier alpha value is -1.16. The van der Waals surface area contributed by atoms with Crippen molar-refractivity contribution in [2.24, 2.45) is 11.8 Å². The van der Waals surface area contributed by atoms with Crippen molar-refractivity contribution in [1.82, 2.24) is 0 Å². The SMILES string of the molecule is C[C@H]1C[C@H]1C(=O)OCC(=O)c1ccc(Br)cc1. The van der Waals surface area contributed by atoms with Crippen LogP contribution < -0.4 is 0 Å². The summed E-state index contributed by atoms with van der Waals surface area (Å²) < 4.78 is 5.90. The Morgan fingerprint density at radius 1 is 1.35 bits per heavy atom. The summed E-state index contributed by atoms with van der Waals surface area (Å²) in [6.45, 7) is 1.84. The van der Waals surface area contributed by atoms with E-state index >= 15 is 0 Å². The lowest BCUT2D eigenvalue weighted by molar-refractivity contribution is -0.144. The number of rotatable bonds is 4. The van der Waals surface area contributed by atoms with E-state index in [1.165, 1.54) is 0 Å². The lowest BCUT2D eigenvalue weighted by atomic mass is 10.1. The average molecular weight is 297 g/mol. The van der Waals surface area contributed by atoms with Crippen molar-refractivity contribution < 1.29 is 14.3 Å². The van der Waals surface area contributed by atoms with Gasteiger partial charge in [-0.2, -0.15) is 0 Å². The molecule has 0 amide bonds. The first-order chi connectivity index (χ1) is 8.08. The molecule has 0 saturated heterocycles. The molecule has 1 saturated carbocycles. The summed E-state index contributed by atoms with van der Waals surface area (Å²) in [7, 11) is 0. The van der Waals surface area contributed by atoms with E-state index in [9.17, 15) is 9.59 Å². The maximum absolute atomic E-state index is 11.7. The molecule has 2 rings (SSSR count). The van der Waals surface area contributed by atoms with Crippen LogP contribution >= 0.6 is 15.9 Å². The average Bonchev–Trinajstić information content (AvgIpc) is 3.04. The molecule has 0 aromatic heterocycles. The lowest BCUT2D eigenvalue weighted by Crippen LogP contribution is -2.15. The summed E-state index contributed by atoms with van der Waals surface area (Å²) in [6, 6.07) is 7.00. The first-order valence-corrected chi connectivity index (χ1v) is 6.32. The second kappa shape index (κ2) is 5.00. The second-order valence-corrected chi connectivity index (χ2v) is 5.27. The zero-order chi connectivity index (χ0) is 12.4. The molecule has 0 bridgehead atoms. The molecule has 0 heterocycles. The quantitative estimate of drug-likeness (QED) is 0.634. The van der Waals surface area contributed by atoms with Crippen LogP contribution in [-0.4, -0.2) is 18.4 Å². The fraction of sp³-hybridized carbons (Fsp3) is 0.385. The summed E-state index contributed by atoms with van der Waals surface area (Å²) in [5, 5.41) is 0. The molecule has 0 N–H and O–H groups in total. The topological polar surface area (TPSA) is 43.4 Å². The van der Waals surface area contributed by atoms with Crippen LogP contribution in [0, 0.1) is 11.8 Å². The molecule has 1 aliphatic rings. The standard InChI is InChI=1S/C13H13BrO3/c1-8-6-11(8)13(16)17-7-12(15)9-2-4-10(14)5-3-9/h2-5,8,11H,6-7H2,1H3/t8-,11+/m0/s1. The van der Waals surface area contributed by atoms with Crippen molar-refractivity contribution in [3.63, 3.8) is 0 Å². The third-order valence-electron chi connectivity index (χ3n) is 2.92. The molecule has 2 atom stereocenters. The van der Waals surface area contributed by atoms with Gasteiger partial charge < -0.3 is 4.74 Å². The predicted octanol–water partition coefficient (Wildman–Crippen LogP) is 2.83. The zero-order valence-corrected chi connectivity index (χ0v) is 11.1. The lowest BCUT2D eigenvalue weighted by Gasteiger charge is -2.03. The van der Waals surface area contributed by atoms with Crippen molar-refractivity contribution >= 4 is 27.7 Å². The van der Waals surface area contributed by atoms with Gasteiger partial charge in [-0.3, -0.25) is 9.59 Å². The molecular weight excluding hydrogens is 284 g/mol. The molecule has 0 unspecified atom stereocenters. The number of ketones is 1. The van der Waals surface area contributed by atoms with Crippen LogP contribution in [0.1, 0.15) is 23.7 Å². The van der Waals surface area contributed by atoms with Crippen LogP contribution in [0.25, 0.3) is 0 Å². The summed E-state index contributed by atoms with van der Waals surface area (Å²) in [6.07, 6.45) is 0.880. The Kier molecular flexibility index (Phi) is 3.62. The Labute approximate surface area is 108 Å². The molecule has 0 spiro atoms. The highest BCUT2D eigenvalue weighted by atomic mass is 79.9. The van der Waals surface area contributed by atoms with Crippen molar-refractivity contribution in [2.45, 2.75) is 13.3 Å². The molecule has 1 aliphatic carbocycles. The fourth-order valence-electron chi connectivity index (χ4n) is 1.61. The highest BCUT2D eigenvalue weighted by Gasteiger charge is 2.40. The Balaban J connectivity index is 1.85. The minimum Gasteiger partial charge on any atom is -0.457 e. The van der Waals surface area contributed by atoms with Gasteiger partial charge in [0.2, 0.25) is 0 Å². The van der Waals surface area contributed by atoms with Gasteiger partial charge in [-0.15, -0.1) is 0 Å². The predicted molar refractivity (Wildman–Crippen MR) is 66.7 cm³/mol. The minimum absolute atomic E-state index is 0.00715. The van der Waals surface area contributed by atoms with E-state index in [1.807, 2.05) is 6.92 Å². The van der Waals surface area contributed by atoms with Crippen molar-refractivity contribution in [3.05, 3.63) is 34.3 Å². The van der Waals surface area contributed by atoms with Gasteiger partial charge in [0.1, 0.15) is 0 Å². The van der Waals surface area contributed by atoms with Gasteiger partial charge in [0.25, 0.3) is 0 Å². The summed E-state index contributed by atoms with van der Waals surface area (Å²) in [5.74, 6) is 0.000107. The molecule has 1 aromatic rings. The highest BCUT2D eigenvalue weighted by Crippen LogP contribution is 2.38. The number of hydrogen-bond donors (Lipinski definition) is 0. The van der Waals surface area contributed by atoms with Gasteiger partial charge in [0.05, 0.1) is 5.92 Å². The fourth-order valence-corrected chi connectivity index (χ4v) is 1.88. The van der Waals surface area contributed by atoms with E-state index in [-0.39, 0.29) is 24.3 Å². The Morgan fingerprint density at radius 2 is 1.94 bits per heavy atom. The number of Topliss-reactive ketones (excluding diaryl/α,β-unsaturated/α-hetero) is 1. The monoisotopic (exact) mass is 296 g/mol. The van der Waals surface area contributed by atoms with Crippen LogP contribution in [-0.2, 0) is 9.53 Å². The number of ether oxygens (including phenoxy) is 1. The van der Waals surface area contributed by atoms with E-state index < -0.39 is 0 Å². The van der Waals surface area contributed by atoms with Gasteiger partial charge in [0.15, 0.2) is 12.4 Å². The molecule has 1 fully saturated rings. The molecule has 0 aliphatic heterocycles. The third-order valence-corrected chi connectivity index (χ3v) is 3.45. The first-order valence-electron chi connectivity index (χ1n) is 5.53. The Morgan fingerprint density at radius 3 is 2.47 bits per heavy atom. The largest absolute Gasteiger partial charge is 0.457 e. The van der Waals surface area contributed by atoms with Gasteiger partial charge in [-0.05, 0) is 24.5 Å². The van der Waals surface area contributed by atoms with Crippen LogP contribution in [0.4, 0.5) is 0 Å². The molecule has 1 aromatic carbocycles. The smallest absolute Gasteiger partial charge is 0.309 e. The molecule has 4 heteroatoms. The number of benzene rings is 1. The summed E-state index contributed by atoms with van der Waals surface area (Å²) in [5.41, 5.74) is 0.560. The van der Waals surface area contributed by atoms with Crippen molar-refractivity contribution in [1.29, 1.82) is 0 Å². The molecule has 90 valence electrons. The third kappa shape index (κ3) is 3.16. The van der Waals surface area contributed by atoms with E-state index in [0.717, 1.165) is 10.9 Å².